The fourth-order valence-electron chi connectivity index (χ4n) is 4.31. The van der Waals surface area contributed by atoms with Gasteiger partial charge in [0, 0.05) is 29.7 Å². The Kier molecular flexibility index (Phi) is 5.44. The van der Waals surface area contributed by atoms with Gasteiger partial charge in [-0.15, -0.1) is 5.16 Å². The van der Waals surface area contributed by atoms with Crippen molar-refractivity contribution in [2.75, 3.05) is 0 Å². The molecular formula is C28H24N2OSi. The zero-order valence-electron chi connectivity index (χ0n) is 17.9. The number of aryl methyl sites for hydroxylation is 1. The van der Waals surface area contributed by atoms with Crippen LogP contribution >= 0.6 is 0 Å². The SMILES string of the molecule is Cn1cc(C=NO[Si](c2ccccc2)(c2ccccc2)c2ccccc2)c2ccccc21. The maximum atomic E-state index is 6.65. The minimum absolute atomic E-state index is 1.04. The van der Waals surface area contributed by atoms with Crippen LogP contribution in [0.25, 0.3) is 10.9 Å². The van der Waals surface area contributed by atoms with Crippen LogP contribution in [0.1, 0.15) is 5.56 Å². The zero-order chi connectivity index (χ0) is 21.8. The van der Waals surface area contributed by atoms with E-state index in [-0.39, 0.29) is 0 Å². The van der Waals surface area contributed by atoms with Crippen molar-refractivity contribution in [1.29, 1.82) is 0 Å². The van der Waals surface area contributed by atoms with Gasteiger partial charge in [0.15, 0.2) is 0 Å². The van der Waals surface area contributed by atoms with E-state index in [1.165, 1.54) is 5.52 Å². The number of nitrogens with zero attached hydrogens (tertiary/aromatic N) is 2. The standard InChI is InChI=1S/C28H24N2OSi/c1-30-22-23(27-19-11-12-20-28(27)30)21-29-31-32(24-13-5-2-6-14-24,25-15-7-3-8-16-25)26-17-9-4-10-18-26/h2-22H,1H3. The molecule has 0 spiro atoms. The van der Waals surface area contributed by atoms with Gasteiger partial charge in [0.2, 0.25) is 0 Å². The molecule has 32 heavy (non-hydrogen) atoms. The van der Waals surface area contributed by atoms with Crippen LogP contribution in [0.3, 0.4) is 0 Å². The predicted molar refractivity (Wildman–Crippen MR) is 136 cm³/mol. The maximum absolute atomic E-state index is 6.65. The summed E-state index contributed by atoms with van der Waals surface area (Å²) in [5.74, 6) is 0. The van der Waals surface area contributed by atoms with Crippen LogP contribution in [0, 0.1) is 0 Å². The number of hydrogen-bond acceptors (Lipinski definition) is 2. The smallest absolute Gasteiger partial charge is 0.380 e. The van der Waals surface area contributed by atoms with Gasteiger partial charge in [-0.3, -0.25) is 0 Å². The lowest BCUT2D eigenvalue weighted by Gasteiger charge is -2.30. The van der Waals surface area contributed by atoms with Crippen molar-refractivity contribution in [3.8, 4) is 0 Å². The second kappa shape index (κ2) is 8.69. The number of rotatable bonds is 6. The van der Waals surface area contributed by atoms with E-state index in [1.807, 2.05) is 24.4 Å². The lowest BCUT2D eigenvalue weighted by atomic mass is 10.2. The van der Waals surface area contributed by atoms with Crippen LogP contribution in [0.2, 0.25) is 0 Å². The summed E-state index contributed by atoms with van der Waals surface area (Å²) in [6.07, 6.45) is 3.94. The molecule has 4 heteroatoms. The van der Waals surface area contributed by atoms with Gasteiger partial charge in [-0.05, 0) is 21.6 Å². The van der Waals surface area contributed by atoms with Crippen molar-refractivity contribution >= 4 is 41.0 Å². The normalized spacial score (nSPS) is 11.8. The number of benzene rings is 4. The van der Waals surface area contributed by atoms with Crippen LogP contribution in [-0.2, 0) is 11.6 Å². The maximum Gasteiger partial charge on any atom is 0.380 e. The van der Waals surface area contributed by atoms with Gasteiger partial charge >= 0.3 is 8.32 Å². The molecule has 0 aliphatic rings. The molecule has 4 aromatic carbocycles. The number of aromatic nitrogens is 1. The average molecular weight is 433 g/mol. The monoisotopic (exact) mass is 432 g/mol. The summed E-state index contributed by atoms with van der Waals surface area (Å²) in [7, 11) is -0.790. The van der Waals surface area contributed by atoms with E-state index in [2.05, 4.69) is 120 Å². The molecule has 5 aromatic rings. The first kappa shape index (κ1) is 20.0. The minimum Gasteiger partial charge on any atom is -0.438 e. The summed E-state index contributed by atoms with van der Waals surface area (Å²) in [5.41, 5.74) is 2.21. The Morgan fingerprint density at radius 3 is 1.66 bits per heavy atom. The molecule has 0 atom stereocenters. The average Bonchev–Trinajstić information content (AvgIpc) is 3.19. The van der Waals surface area contributed by atoms with E-state index in [0.717, 1.165) is 26.5 Å². The summed E-state index contributed by atoms with van der Waals surface area (Å²) in [6, 6.07) is 39.8. The van der Waals surface area contributed by atoms with Crippen molar-refractivity contribution in [1.82, 2.24) is 4.57 Å². The van der Waals surface area contributed by atoms with Gasteiger partial charge in [-0.2, -0.15) is 0 Å². The topological polar surface area (TPSA) is 26.5 Å². The predicted octanol–water partition coefficient (Wildman–Crippen LogP) is 4.20. The largest absolute Gasteiger partial charge is 0.438 e. The van der Waals surface area contributed by atoms with E-state index in [4.69, 9.17) is 4.53 Å². The fraction of sp³-hybridized carbons (Fsp3) is 0.0357. The molecular weight excluding hydrogens is 408 g/mol. The van der Waals surface area contributed by atoms with Gasteiger partial charge in [0.1, 0.15) is 0 Å². The summed E-state index contributed by atoms with van der Waals surface area (Å²) in [6.45, 7) is 0. The number of hydrogen-bond donors (Lipinski definition) is 0. The first-order valence-electron chi connectivity index (χ1n) is 10.7. The molecule has 0 saturated heterocycles. The zero-order valence-corrected chi connectivity index (χ0v) is 18.9. The molecule has 0 fully saturated rings. The molecule has 0 saturated carbocycles. The van der Waals surface area contributed by atoms with E-state index in [0.29, 0.717) is 0 Å². The molecule has 0 aliphatic heterocycles. The molecule has 0 bridgehead atoms. The van der Waals surface area contributed by atoms with Crippen LogP contribution in [0.4, 0.5) is 0 Å². The molecule has 0 N–H and O–H groups in total. The van der Waals surface area contributed by atoms with Crippen molar-refractivity contribution in [3.05, 3.63) is 127 Å². The third kappa shape index (κ3) is 3.55. The molecule has 0 amide bonds. The lowest BCUT2D eigenvalue weighted by molar-refractivity contribution is 0.351. The molecule has 0 unspecified atom stereocenters. The van der Waals surface area contributed by atoms with Crippen molar-refractivity contribution in [2.45, 2.75) is 0 Å². The minimum atomic E-state index is -2.84. The highest BCUT2D eigenvalue weighted by atomic mass is 28.4. The van der Waals surface area contributed by atoms with Gasteiger partial charge in [0.05, 0.1) is 6.21 Å². The molecule has 5 rings (SSSR count). The van der Waals surface area contributed by atoms with Crippen LogP contribution in [0.5, 0.6) is 0 Å². The van der Waals surface area contributed by atoms with E-state index < -0.39 is 8.32 Å². The third-order valence-corrected chi connectivity index (χ3v) is 9.67. The van der Waals surface area contributed by atoms with Crippen molar-refractivity contribution in [2.24, 2.45) is 12.2 Å². The fourth-order valence-corrected chi connectivity index (χ4v) is 7.83. The highest BCUT2D eigenvalue weighted by Gasteiger charge is 2.44. The number of fused-ring (bicyclic) bond motifs is 1. The van der Waals surface area contributed by atoms with E-state index >= 15 is 0 Å². The first-order valence-corrected chi connectivity index (χ1v) is 12.6. The first-order chi connectivity index (χ1) is 15.8. The molecule has 3 nitrogen and oxygen atoms in total. The van der Waals surface area contributed by atoms with Crippen LogP contribution in [-0.4, -0.2) is 19.1 Å². The Bertz CT molecular complexity index is 1250. The highest BCUT2D eigenvalue weighted by molar-refractivity contribution is 7.07. The van der Waals surface area contributed by atoms with Gasteiger partial charge in [-0.25, -0.2) is 0 Å². The van der Waals surface area contributed by atoms with Crippen LogP contribution in [0.15, 0.2) is 127 Å². The summed E-state index contributed by atoms with van der Waals surface area (Å²) < 4.78 is 8.77. The summed E-state index contributed by atoms with van der Waals surface area (Å²) >= 11 is 0. The number of oxime groups is 1. The third-order valence-electron chi connectivity index (χ3n) is 5.85. The second-order valence-electron chi connectivity index (χ2n) is 7.82. The Morgan fingerprint density at radius 2 is 1.12 bits per heavy atom. The highest BCUT2D eigenvalue weighted by Crippen LogP contribution is 2.19. The molecule has 0 aliphatic carbocycles. The number of para-hydroxylation sites is 1. The Labute approximate surface area is 189 Å². The van der Waals surface area contributed by atoms with Crippen LogP contribution < -0.4 is 15.6 Å². The second-order valence-corrected chi connectivity index (χ2v) is 11.1. The van der Waals surface area contributed by atoms with Gasteiger partial charge < -0.3 is 9.09 Å². The molecule has 1 heterocycles. The lowest BCUT2D eigenvalue weighted by Crippen LogP contribution is -2.68. The Balaban J connectivity index is 1.65. The van der Waals surface area contributed by atoms with Crippen molar-refractivity contribution in [3.63, 3.8) is 0 Å². The quantitative estimate of drug-likeness (QED) is 0.171. The van der Waals surface area contributed by atoms with Gasteiger partial charge in [0.25, 0.3) is 0 Å². The van der Waals surface area contributed by atoms with E-state index in [1.54, 1.807) is 0 Å². The van der Waals surface area contributed by atoms with E-state index in [9.17, 15) is 0 Å². The van der Waals surface area contributed by atoms with Gasteiger partial charge in [-0.1, -0.05) is 109 Å². The molecule has 156 valence electrons. The summed E-state index contributed by atoms with van der Waals surface area (Å²) in [5, 5.41) is 9.27. The Morgan fingerprint density at radius 1 is 0.656 bits per heavy atom. The molecule has 0 radical (unpaired) electrons. The van der Waals surface area contributed by atoms with Crippen molar-refractivity contribution < 1.29 is 4.53 Å². The summed E-state index contributed by atoms with van der Waals surface area (Å²) in [4.78, 5) is 0. The Hall–Kier alpha value is -3.89. The molecule has 1 aromatic heterocycles.